The Balaban J connectivity index is 1.21. The van der Waals surface area contributed by atoms with Gasteiger partial charge in [-0.1, -0.05) is 29.8 Å². The third-order valence-corrected chi connectivity index (χ3v) is 8.09. The van der Waals surface area contributed by atoms with E-state index < -0.39 is 0 Å². The maximum Gasteiger partial charge on any atom is 0.274 e. The van der Waals surface area contributed by atoms with Gasteiger partial charge >= 0.3 is 0 Å². The number of thiazole rings is 1. The number of carbonyl (C=O) groups excluding carboxylic acids is 2. The summed E-state index contributed by atoms with van der Waals surface area (Å²) in [7, 11) is 0. The Morgan fingerprint density at radius 2 is 2.06 bits per heavy atom. The summed E-state index contributed by atoms with van der Waals surface area (Å²) in [5.41, 5.74) is 4.36. The van der Waals surface area contributed by atoms with Crippen molar-refractivity contribution in [1.82, 2.24) is 20.2 Å². The number of hydrogen-bond donors (Lipinski definition) is 2. The average molecular weight is 471 g/mol. The van der Waals surface area contributed by atoms with Crippen molar-refractivity contribution in [1.29, 1.82) is 0 Å². The SMILES string of the molecule is Cc1cccc(-c2sc(C)nc2C(=O)N2C[C@H]3C[C@H]3[C@H]2CNC(=O)c2ccc3[nH]ccc3c2)c1. The van der Waals surface area contributed by atoms with Gasteiger partial charge in [0.05, 0.1) is 15.9 Å². The topological polar surface area (TPSA) is 78.1 Å². The number of aromatic amines is 1. The van der Waals surface area contributed by atoms with E-state index in [0.29, 0.717) is 29.6 Å². The van der Waals surface area contributed by atoms with Crippen LogP contribution in [-0.2, 0) is 0 Å². The first kappa shape index (κ1) is 21.1. The van der Waals surface area contributed by atoms with Gasteiger partial charge in [-0.05, 0) is 61.9 Å². The summed E-state index contributed by atoms with van der Waals surface area (Å²) < 4.78 is 0. The van der Waals surface area contributed by atoms with Gasteiger partial charge in [0.2, 0.25) is 0 Å². The van der Waals surface area contributed by atoms with Crippen LogP contribution in [-0.4, -0.2) is 45.8 Å². The van der Waals surface area contributed by atoms with Gasteiger partial charge in [-0.25, -0.2) is 4.98 Å². The summed E-state index contributed by atoms with van der Waals surface area (Å²) in [4.78, 5) is 37.2. The Hall–Kier alpha value is -3.45. The van der Waals surface area contributed by atoms with Gasteiger partial charge < -0.3 is 15.2 Å². The smallest absolute Gasteiger partial charge is 0.274 e. The zero-order valence-electron chi connectivity index (χ0n) is 19.2. The Morgan fingerprint density at radius 3 is 2.91 bits per heavy atom. The second-order valence-electron chi connectivity index (χ2n) is 9.45. The lowest BCUT2D eigenvalue weighted by Crippen LogP contribution is -2.45. The average Bonchev–Trinajstić information content (AvgIpc) is 3.15. The Labute approximate surface area is 202 Å². The number of nitrogens with one attached hydrogen (secondary N) is 2. The number of amides is 2. The number of likely N-dealkylation sites (tertiary alicyclic amines) is 1. The minimum Gasteiger partial charge on any atom is -0.361 e. The second-order valence-corrected chi connectivity index (χ2v) is 10.7. The van der Waals surface area contributed by atoms with Gasteiger partial charge in [0.1, 0.15) is 5.69 Å². The number of fused-ring (bicyclic) bond motifs is 2. The summed E-state index contributed by atoms with van der Waals surface area (Å²) in [6.07, 6.45) is 2.99. The highest BCUT2D eigenvalue weighted by Crippen LogP contribution is 2.50. The van der Waals surface area contributed by atoms with Gasteiger partial charge in [-0.15, -0.1) is 11.3 Å². The van der Waals surface area contributed by atoms with E-state index in [1.807, 2.05) is 54.4 Å². The van der Waals surface area contributed by atoms with Crippen LogP contribution >= 0.6 is 11.3 Å². The first-order chi connectivity index (χ1) is 16.5. The molecule has 0 unspecified atom stereocenters. The molecule has 0 bridgehead atoms. The molecule has 172 valence electrons. The number of piperidine rings is 1. The predicted molar refractivity (Wildman–Crippen MR) is 134 cm³/mol. The van der Waals surface area contributed by atoms with E-state index >= 15 is 0 Å². The minimum absolute atomic E-state index is 0.00445. The number of carbonyl (C=O) groups is 2. The van der Waals surface area contributed by atoms with Crippen LogP contribution in [0.15, 0.2) is 54.7 Å². The van der Waals surface area contributed by atoms with Gasteiger partial charge in [-0.3, -0.25) is 9.59 Å². The number of nitrogens with zero attached hydrogens (tertiary/aromatic N) is 2. The van der Waals surface area contributed by atoms with Crippen molar-refractivity contribution in [3.8, 4) is 10.4 Å². The van der Waals surface area contributed by atoms with Crippen molar-refractivity contribution < 1.29 is 9.59 Å². The molecule has 2 fully saturated rings. The third kappa shape index (κ3) is 3.70. The highest BCUT2D eigenvalue weighted by atomic mass is 32.1. The van der Waals surface area contributed by atoms with Gasteiger partial charge in [-0.2, -0.15) is 0 Å². The highest BCUT2D eigenvalue weighted by Gasteiger charge is 2.54. The molecule has 1 saturated heterocycles. The maximum atomic E-state index is 13.7. The molecule has 1 saturated carbocycles. The molecule has 4 aromatic rings. The van der Waals surface area contributed by atoms with Crippen molar-refractivity contribution >= 4 is 34.1 Å². The van der Waals surface area contributed by atoms with Gasteiger partial charge in [0, 0.05) is 35.8 Å². The Bertz CT molecular complexity index is 1420. The van der Waals surface area contributed by atoms with Crippen LogP contribution in [0.25, 0.3) is 21.3 Å². The largest absolute Gasteiger partial charge is 0.361 e. The van der Waals surface area contributed by atoms with E-state index in [9.17, 15) is 9.59 Å². The van der Waals surface area contributed by atoms with E-state index in [1.165, 1.54) is 0 Å². The molecule has 7 heteroatoms. The molecule has 6 nitrogen and oxygen atoms in total. The second kappa shape index (κ2) is 8.09. The van der Waals surface area contributed by atoms with E-state index in [4.69, 9.17) is 0 Å². The van der Waals surface area contributed by atoms with Crippen molar-refractivity contribution in [2.45, 2.75) is 26.3 Å². The summed E-state index contributed by atoms with van der Waals surface area (Å²) in [5, 5.41) is 4.98. The summed E-state index contributed by atoms with van der Waals surface area (Å²) in [5.74, 6) is 0.855. The van der Waals surface area contributed by atoms with Crippen LogP contribution in [0, 0.1) is 25.7 Å². The van der Waals surface area contributed by atoms with Crippen LogP contribution in [0.4, 0.5) is 0 Å². The molecule has 2 aromatic heterocycles. The first-order valence-corrected chi connectivity index (χ1v) is 12.5. The maximum absolute atomic E-state index is 13.7. The molecule has 1 aliphatic carbocycles. The number of aryl methyl sites for hydroxylation is 2. The van der Waals surface area contributed by atoms with Gasteiger partial charge in [0.15, 0.2) is 0 Å². The number of benzene rings is 2. The lowest BCUT2D eigenvalue weighted by atomic mass is 10.1. The quantitative estimate of drug-likeness (QED) is 0.440. The Kier molecular flexibility index (Phi) is 5.03. The zero-order chi connectivity index (χ0) is 23.4. The summed E-state index contributed by atoms with van der Waals surface area (Å²) in [6.45, 7) is 5.20. The van der Waals surface area contributed by atoms with Crippen LogP contribution in [0.1, 0.15) is 37.8 Å². The fraction of sp³-hybridized carbons (Fsp3) is 0.296. The highest BCUT2D eigenvalue weighted by molar-refractivity contribution is 7.15. The first-order valence-electron chi connectivity index (χ1n) is 11.7. The fourth-order valence-electron chi connectivity index (χ4n) is 5.25. The third-order valence-electron chi connectivity index (χ3n) is 7.07. The van der Waals surface area contributed by atoms with Crippen molar-refractivity contribution in [3.63, 3.8) is 0 Å². The molecule has 34 heavy (non-hydrogen) atoms. The van der Waals surface area contributed by atoms with Crippen LogP contribution in [0.5, 0.6) is 0 Å². The van der Waals surface area contributed by atoms with Crippen molar-refractivity contribution in [2.75, 3.05) is 13.1 Å². The molecular formula is C27H26N4O2S. The monoisotopic (exact) mass is 470 g/mol. The normalized spacial score (nSPS) is 21.0. The van der Waals surface area contributed by atoms with Crippen molar-refractivity contribution in [3.05, 3.63) is 76.6 Å². The summed E-state index contributed by atoms with van der Waals surface area (Å²) >= 11 is 1.56. The van der Waals surface area contributed by atoms with E-state index in [2.05, 4.69) is 34.3 Å². The number of rotatable bonds is 5. The lowest BCUT2D eigenvalue weighted by Gasteiger charge is -2.27. The zero-order valence-corrected chi connectivity index (χ0v) is 20.0. The number of H-pyrrole nitrogens is 1. The van der Waals surface area contributed by atoms with E-state index in [1.54, 1.807) is 11.3 Å². The molecule has 6 rings (SSSR count). The minimum atomic E-state index is -0.107. The number of aromatic nitrogens is 2. The van der Waals surface area contributed by atoms with Gasteiger partial charge in [0.25, 0.3) is 11.8 Å². The molecule has 2 aliphatic rings. The molecule has 2 N–H and O–H groups in total. The summed E-state index contributed by atoms with van der Waals surface area (Å²) in [6, 6.07) is 15.8. The molecule has 2 aromatic carbocycles. The number of hydrogen-bond acceptors (Lipinski definition) is 4. The molecule has 2 amide bonds. The lowest BCUT2D eigenvalue weighted by molar-refractivity contribution is 0.0690. The molecule has 3 atom stereocenters. The molecular weight excluding hydrogens is 444 g/mol. The van der Waals surface area contributed by atoms with Crippen LogP contribution < -0.4 is 5.32 Å². The van der Waals surface area contributed by atoms with Crippen LogP contribution in [0.2, 0.25) is 0 Å². The molecule has 0 spiro atoms. The molecule has 1 aliphatic heterocycles. The molecule has 3 heterocycles. The van der Waals surface area contributed by atoms with E-state index in [0.717, 1.165) is 44.9 Å². The van der Waals surface area contributed by atoms with Crippen molar-refractivity contribution in [2.24, 2.45) is 11.8 Å². The Morgan fingerprint density at radius 1 is 1.18 bits per heavy atom. The standard InChI is InChI=1S/C27H26N4O2S/c1-15-4-3-5-18(10-15)25-24(30-16(2)34-25)27(33)31-14-20-12-21(20)23(31)13-29-26(32)19-6-7-22-17(11-19)8-9-28-22/h3-11,20-21,23,28H,12-14H2,1-2H3,(H,29,32)/t20-,21-,23-/m1/s1. The van der Waals surface area contributed by atoms with E-state index in [-0.39, 0.29) is 17.9 Å². The predicted octanol–water partition coefficient (Wildman–Crippen LogP) is 4.80. The van der Waals surface area contributed by atoms with Crippen LogP contribution in [0.3, 0.4) is 0 Å². The molecule has 0 radical (unpaired) electrons. The fourth-order valence-corrected chi connectivity index (χ4v) is 6.16.